The second-order valence-corrected chi connectivity index (χ2v) is 5.73. The van der Waals surface area contributed by atoms with Crippen LogP contribution in [0.5, 0.6) is 5.75 Å². The van der Waals surface area contributed by atoms with Gasteiger partial charge in [0.25, 0.3) is 0 Å². The fourth-order valence-corrected chi connectivity index (χ4v) is 2.08. The van der Waals surface area contributed by atoms with Crippen LogP contribution < -0.4 is 10.1 Å². The Hall–Kier alpha value is -1.74. The van der Waals surface area contributed by atoms with Crippen LogP contribution in [-0.2, 0) is 19.6 Å². The third kappa shape index (κ3) is 5.27. The SMILES string of the molecule is CCc1ccc(OCc2cc(CNCC(C)C)co2)cc1. The first kappa shape index (κ1) is 15.6. The van der Waals surface area contributed by atoms with Gasteiger partial charge in [-0.25, -0.2) is 0 Å². The van der Waals surface area contributed by atoms with E-state index in [9.17, 15) is 0 Å². The molecule has 0 unspecified atom stereocenters. The predicted octanol–water partition coefficient (Wildman–Crippen LogP) is 4.17. The average Bonchev–Trinajstić information content (AvgIpc) is 2.93. The number of hydrogen-bond acceptors (Lipinski definition) is 3. The number of hydrogen-bond donors (Lipinski definition) is 1. The largest absolute Gasteiger partial charge is 0.486 e. The Morgan fingerprint density at radius 3 is 2.57 bits per heavy atom. The van der Waals surface area contributed by atoms with E-state index in [1.54, 1.807) is 6.26 Å². The Kier molecular flexibility index (Phi) is 5.88. The van der Waals surface area contributed by atoms with Gasteiger partial charge in [-0.3, -0.25) is 0 Å². The number of aryl methyl sites for hydroxylation is 1. The molecule has 1 heterocycles. The topological polar surface area (TPSA) is 34.4 Å². The zero-order valence-corrected chi connectivity index (χ0v) is 13.2. The lowest BCUT2D eigenvalue weighted by Gasteiger charge is -2.05. The fraction of sp³-hybridized carbons (Fsp3) is 0.444. The summed E-state index contributed by atoms with van der Waals surface area (Å²) in [5, 5.41) is 3.40. The van der Waals surface area contributed by atoms with Crippen molar-refractivity contribution in [3.05, 3.63) is 53.5 Å². The van der Waals surface area contributed by atoms with E-state index >= 15 is 0 Å². The maximum atomic E-state index is 5.73. The van der Waals surface area contributed by atoms with Gasteiger partial charge in [0, 0.05) is 12.1 Å². The first-order valence-electron chi connectivity index (χ1n) is 7.66. The van der Waals surface area contributed by atoms with Crippen molar-refractivity contribution < 1.29 is 9.15 Å². The first-order chi connectivity index (χ1) is 10.2. The molecular formula is C18H25NO2. The molecule has 0 aliphatic carbocycles. The lowest BCUT2D eigenvalue weighted by molar-refractivity contribution is 0.270. The van der Waals surface area contributed by atoms with Crippen molar-refractivity contribution in [3.63, 3.8) is 0 Å². The zero-order valence-electron chi connectivity index (χ0n) is 13.2. The molecule has 0 aliphatic heterocycles. The Bertz CT molecular complexity index is 528. The average molecular weight is 287 g/mol. The molecule has 21 heavy (non-hydrogen) atoms. The van der Waals surface area contributed by atoms with Crippen molar-refractivity contribution >= 4 is 0 Å². The summed E-state index contributed by atoms with van der Waals surface area (Å²) in [6.07, 6.45) is 2.84. The van der Waals surface area contributed by atoms with Crippen LogP contribution in [0.1, 0.15) is 37.7 Å². The summed E-state index contributed by atoms with van der Waals surface area (Å²) in [7, 11) is 0. The summed E-state index contributed by atoms with van der Waals surface area (Å²) in [5.41, 5.74) is 2.48. The van der Waals surface area contributed by atoms with Crippen LogP contribution in [0.25, 0.3) is 0 Å². The summed E-state index contributed by atoms with van der Waals surface area (Å²) < 4.78 is 11.3. The van der Waals surface area contributed by atoms with Crippen LogP contribution in [0.2, 0.25) is 0 Å². The summed E-state index contributed by atoms with van der Waals surface area (Å²) in [6, 6.07) is 10.3. The number of furan rings is 1. The highest BCUT2D eigenvalue weighted by Crippen LogP contribution is 2.16. The highest BCUT2D eigenvalue weighted by molar-refractivity contribution is 5.27. The molecule has 0 saturated heterocycles. The van der Waals surface area contributed by atoms with Crippen molar-refractivity contribution in [3.8, 4) is 5.75 Å². The van der Waals surface area contributed by atoms with Crippen molar-refractivity contribution in [2.24, 2.45) is 5.92 Å². The zero-order chi connectivity index (χ0) is 15.1. The smallest absolute Gasteiger partial charge is 0.146 e. The molecule has 3 nitrogen and oxygen atoms in total. The van der Waals surface area contributed by atoms with Gasteiger partial charge in [0.2, 0.25) is 0 Å². The van der Waals surface area contributed by atoms with Crippen molar-refractivity contribution in [2.75, 3.05) is 6.54 Å². The molecule has 0 fully saturated rings. The number of ether oxygens (including phenoxy) is 1. The highest BCUT2D eigenvalue weighted by Gasteiger charge is 2.03. The van der Waals surface area contributed by atoms with E-state index in [1.165, 1.54) is 5.56 Å². The molecule has 2 rings (SSSR count). The molecule has 0 saturated carbocycles. The molecule has 3 heteroatoms. The summed E-state index contributed by atoms with van der Waals surface area (Å²) in [4.78, 5) is 0. The summed E-state index contributed by atoms with van der Waals surface area (Å²) in [5.74, 6) is 2.39. The third-order valence-corrected chi connectivity index (χ3v) is 3.30. The van der Waals surface area contributed by atoms with Gasteiger partial charge in [0.05, 0.1) is 6.26 Å². The van der Waals surface area contributed by atoms with Gasteiger partial charge in [-0.1, -0.05) is 32.9 Å². The first-order valence-corrected chi connectivity index (χ1v) is 7.66. The Morgan fingerprint density at radius 1 is 1.14 bits per heavy atom. The van der Waals surface area contributed by atoms with Gasteiger partial charge in [0.15, 0.2) is 0 Å². The maximum absolute atomic E-state index is 5.73. The predicted molar refractivity (Wildman–Crippen MR) is 85.4 cm³/mol. The van der Waals surface area contributed by atoms with Gasteiger partial charge >= 0.3 is 0 Å². The van der Waals surface area contributed by atoms with E-state index in [0.717, 1.165) is 36.6 Å². The van der Waals surface area contributed by atoms with Gasteiger partial charge in [-0.05, 0) is 42.6 Å². The van der Waals surface area contributed by atoms with Crippen LogP contribution in [-0.4, -0.2) is 6.54 Å². The molecular weight excluding hydrogens is 262 g/mol. The van der Waals surface area contributed by atoms with E-state index in [-0.39, 0.29) is 0 Å². The molecule has 0 amide bonds. The molecule has 1 aromatic carbocycles. The van der Waals surface area contributed by atoms with Gasteiger partial charge in [0.1, 0.15) is 18.1 Å². The summed E-state index contributed by atoms with van der Waals surface area (Å²) >= 11 is 0. The third-order valence-electron chi connectivity index (χ3n) is 3.30. The van der Waals surface area contributed by atoms with Crippen LogP contribution >= 0.6 is 0 Å². The van der Waals surface area contributed by atoms with Crippen LogP contribution in [0.15, 0.2) is 41.0 Å². The second kappa shape index (κ2) is 7.89. The number of rotatable bonds is 8. The molecule has 0 bridgehead atoms. The number of benzene rings is 1. The molecule has 0 aliphatic rings. The fourth-order valence-electron chi connectivity index (χ4n) is 2.08. The Morgan fingerprint density at radius 2 is 1.90 bits per heavy atom. The second-order valence-electron chi connectivity index (χ2n) is 5.73. The Labute approximate surface area is 127 Å². The minimum absolute atomic E-state index is 0.468. The van der Waals surface area contributed by atoms with Gasteiger partial charge in [-0.15, -0.1) is 0 Å². The number of nitrogens with one attached hydrogen (secondary N) is 1. The van der Waals surface area contributed by atoms with E-state index in [2.05, 4.69) is 38.2 Å². The standard InChI is InChI=1S/C18H25NO2/c1-4-15-5-7-17(8-6-15)21-13-18-9-16(12-20-18)11-19-10-14(2)3/h5-9,12,14,19H,4,10-11,13H2,1-3H3. The normalized spacial score (nSPS) is 11.0. The van der Waals surface area contributed by atoms with E-state index in [1.807, 2.05) is 18.2 Å². The molecule has 0 spiro atoms. The van der Waals surface area contributed by atoms with Crippen LogP contribution in [0.4, 0.5) is 0 Å². The van der Waals surface area contributed by atoms with Crippen LogP contribution in [0.3, 0.4) is 0 Å². The van der Waals surface area contributed by atoms with E-state index in [0.29, 0.717) is 12.5 Å². The lowest BCUT2D eigenvalue weighted by Crippen LogP contribution is -2.18. The Balaban J connectivity index is 1.79. The molecule has 1 N–H and O–H groups in total. The highest BCUT2D eigenvalue weighted by atomic mass is 16.5. The van der Waals surface area contributed by atoms with Crippen molar-refractivity contribution in [1.29, 1.82) is 0 Å². The minimum Gasteiger partial charge on any atom is -0.486 e. The monoisotopic (exact) mass is 287 g/mol. The van der Waals surface area contributed by atoms with Crippen LogP contribution in [0, 0.1) is 5.92 Å². The van der Waals surface area contributed by atoms with Gasteiger partial charge < -0.3 is 14.5 Å². The molecule has 2 aromatic rings. The van der Waals surface area contributed by atoms with E-state index < -0.39 is 0 Å². The minimum atomic E-state index is 0.468. The molecule has 1 aromatic heterocycles. The molecule has 0 atom stereocenters. The lowest BCUT2D eigenvalue weighted by atomic mass is 10.2. The van der Waals surface area contributed by atoms with E-state index in [4.69, 9.17) is 9.15 Å². The van der Waals surface area contributed by atoms with Crippen molar-refractivity contribution in [2.45, 2.75) is 40.3 Å². The van der Waals surface area contributed by atoms with Gasteiger partial charge in [-0.2, -0.15) is 0 Å². The summed E-state index contributed by atoms with van der Waals surface area (Å²) in [6.45, 7) is 8.87. The molecule has 0 radical (unpaired) electrons. The maximum Gasteiger partial charge on any atom is 0.146 e. The quantitative estimate of drug-likeness (QED) is 0.791. The molecule has 114 valence electrons. The van der Waals surface area contributed by atoms with Crippen molar-refractivity contribution in [1.82, 2.24) is 5.32 Å².